The van der Waals surface area contributed by atoms with Crippen molar-refractivity contribution in [2.45, 2.75) is 18.8 Å². The van der Waals surface area contributed by atoms with Crippen LogP contribution in [0.4, 0.5) is 5.69 Å². The quantitative estimate of drug-likeness (QED) is 0.750. The third kappa shape index (κ3) is 2.80. The molecule has 0 spiro atoms. The lowest BCUT2D eigenvalue weighted by molar-refractivity contribution is 0.320. The van der Waals surface area contributed by atoms with Gasteiger partial charge in [-0.25, -0.2) is 0 Å². The number of nitrogens with one attached hydrogen (secondary N) is 3. The van der Waals surface area contributed by atoms with Gasteiger partial charge in [-0.3, -0.25) is 0 Å². The maximum atomic E-state index is 7.38. The molecule has 110 valence electrons. The summed E-state index contributed by atoms with van der Waals surface area (Å²) in [5, 5.41) is 17.9. The van der Waals surface area contributed by atoms with Gasteiger partial charge in [0.1, 0.15) is 0 Å². The number of benzene rings is 1. The van der Waals surface area contributed by atoms with Gasteiger partial charge in [-0.1, -0.05) is 17.3 Å². The SMILES string of the molecule is CNc1cc(-c2noc(C3CCNCC3)n2)ccc1C=N. The highest BCUT2D eigenvalue weighted by Crippen LogP contribution is 2.27. The Kier molecular flexibility index (Phi) is 3.96. The molecule has 21 heavy (non-hydrogen) atoms. The topological polar surface area (TPSA) is 86.8 Å². The van der Waals surface area contributed by atoms with Crippen molar-refractivity contribution in [3.8, 4) is 11.4 Å². The second-order valence-electron chi connectivity index (χ2n) is 5.18. The lowest BCUT2D eigenvalue weighted by atomic mass is 9.98. The van der Waals surface area contributed by atoms with E-state index in [0.717, 1.165) is 48.6 Å². The highest BCUT2D eigenvalue weighted by molar-refractivity contribution is 5.87. The summed E-state index contributed by atoms with van der Waals surface area (Å²) in [6.07, 6.45) is 3.40. The summed E-state index contributed by atoms with van der Waals surface area (Å²) in [4.78, 5) is 4.54. The van der Waals surface area contributed by atoms with Crippen molar-refractivity contribution in [3.63, 3.8) is 0 Å². The zero-order valence-corrected chi connectivity index (χ0v) is 12.0. The number of nitrogens with zero attached hydrogens (tertiary/aromatic N) is 2. The van der Waals surface area contributed by atoms with E-state index in [1.807, 2.05) is 25.2 Å². The van der Waals surface area contributed by atoms with Gasteiger partial charge in [0.15, 0.2) is 0 Å². The molecule has 3 N–H and O–H groups in total. The molecule has 0 radical (unpaired) electrons. The largest absolute Gasteiger partial charge is 0.388 e. The van der Waals surface area contributed by atoms with Crippen LogP contribution in [0, 0.1) is 5.41 Å². The Balaban J connectivity index is 1.87. The lowest BCUT2D eigenvalue weighted by Gasteiger charge is -2.18. The summed E-state index contributed by atoms with van der Waals surface area (Å²) >= 11 is 0. The highest BCUT2D eigenvalue weighted by atomic mass is 16.5. The summed E-state index contributed by atoms with van der Waals surface area (Å²) in [5.74, 6) is 1.70. The fraction of sp³-hybridized carbons (Fsp3) is 0.400. The van der Waals surface area contributed by atoms with Gasteiger partial charge in [-0.2, -0.15) is 4.98 Å². The first-order valence-corrected chi connectivity index (χ1v) is 7.19. The first kappa shape index (κ1) is 13.8. The second-order valence-corrected chi connectivity index (χ2v) is 5.18. The van der Waals surface area contributed by atoms with E-state index in [9.17, 15) is 0 Å². The van der Waals surface area contributed by atoms with Crippen LogP contribution in [0.15, 0.2) is 22.7 Å². The first-order valence-electron chi connectivity index (χ1n) is 7.19. The average Bonchev–Trinajstić information content (AvgIpc) is 3.05. The third-order valence-corrected chi connectivity index (χ3v) is 3.87. The molecule has 0 amide bonds. The van der Waals surface area contributed by atoms with Crippen LogP contribution in [-0.4, -0.2) is 36.5 Å². The summed E-state index contributed by atoms with van der Waals surface area (Å²) in [6, 6.07) is 5.74. The van der Waals surface area contributed by atoms with Gasteiger partial charge in [-0.05, 0) is 32.0 Å². The molecule has 1 aromatic heterocycles. The molecule has 1 aliphatic heterocycles. The maximum absolute atomic E-state index is 7.38. The van der Waals surface area contributed by atoms with Gasteiger partial charge in [-0.15, -0.1) is 0 Å². The van der Waals surface area contributed by atoms with Gasteiger partial charge in [0.05, 0.1) is 0 Å². The molecule has 1 saturated heterocycles. The molecule has 0 bridgehead atoms. The molecule has 6 heteroatoms. The van der Waals surface area contributed by atoms with Crippen LogP contribution in [0.3, 0.4) is 0 Å². The van der Waals surface area contributed by atoms with E-state index in [0.29, 0.717) is 11.7 Å². The van der Waals surface area contributed by atoms with Crippen LogP contribution in [0.1, 0.15) is 30.2 Å². The van der Waals surface area contributed by atoms with Crippen molar-refractivity contribution in [1.82, 2.24) is 15.5 Å². The average molecular weight is 285 g/mol. The molecule has 3 rings (SSSR count). The van der Waals surface area contributed by atoms with Gasteiger partial charge in [0.2, 0.25) is 11.7 Å². The first-order chi connectivity index (χ1) is 10.3. The molecule has 0 unspecified atom stereocenters. The minimum absolute atomic E-state index is 0.358. The lowest BCUT2D eigenvalue weighted by Crippen LogP contribution is -2.26. The van der Waals surface area contributed by atoms with Crippen LogP contribution < -0.4 is 10.6 Å². The normalized spacial score (nSPS) is 15.9. The Morgan fingerprint density at radius 3 is 2.90 bits per heavy atom. The summed E-state index contributed by atoms with van der Waals surface area (Å²) in [5.41, 5.74) is 2.62. The molecule has 0 saturated carbocycles. The van der Waals surface area contributed by atoms with E-state index in [1.165, 1.54) is 6.21 Å². The Bertz CT molecular complexity index is 631. The van der Waals surface area contributed by atoms with Crippen LogP contribution in [-0.2, 0) is 0 Å². The molecule has 1 aliphatic rings. The van der Waals surface area contributed by atoms with Crippen molar-refractivity contribution >= 4 is 11.9 Å². The van der Waals surface area contributed by atoms with E-state index < -0.39 is 0 Å². The van der Waals surface area contributed by atoms with E-state index in [4.69, 9.17) is 9.93 Å². The van der Waals surface area contributed by atoms with Gasteiger partial charge in [0, 0.05) is 36.0 Å². The van der Waals surface area contributed by atoms with Crippen LogP contribution in [0.25, 0.3) is 11.4 Å². The van der Waals surface area contributed by atoms with Gasteiger partial charge in [0.25, 0.3) is 0 Å². The molecular weight excluding hydrogens is 266 g/mol. The third-order valence-electron chi connectivity index (χ3n) is 3.87. The zero-order valence-electron chi connectivity index (χ0n) is 12.0. The summed E-state index contributed by atoms with van der Waals surface area (Å²) in [6.45, 7) is 2.00. The number of rotatable bonds is 4. The van der Waals surface area contributed by atoms with E-state index in [1.54, 1.807) is 0 Å². The minimum Gasteiger partial charge on any atom is -0.388 e. The fourth-order valence-electron chi connectivity index (χ4n) is 2.62. The summed E-state index contributed by atoms with van der Waals surface area (Å²) < 4.78 is 5.43. The molecule has 6 nitrogen and oxygen atoms in total. The van der Waals surface area contributed by atoms with Crippen molar-refractivity contribution in [1.29, 1.82) is 5.41 Å². The van der Waals surface area contributed by atoms with E-state index in [-0.39, 0.29) is 0 Å². The van der Waals surface area contributed by atoms with Gasteiger partial charge >= 0.3 is 0 Å². The number of hydrogen-bond donors (Lipinski definition) is 3. The smallest absolute Gasteiger partial charge is 0.230 e. The number of hydrogen-bond acceptors (Lipinski definition) is 6. The summed E-state index contributed by atoms with van der Waals surface area (Å²) in [7, 11) is 1.84. The molecule has 1 aromatic carbocycles. The zero-order chi connectivity index (χ0) is 14.7. The maximum Gasteiger partial charge on any atom is 0.230 e. The van der Waals surface area contributed by atoms with Crippen molar-refractivity contribution in [2.24, 2.45) is 0 Å². The van der Waals surface area contributed by atoms with E-state index in [2.05, 4.69) is 20.8 Å². The Morgan fingerprint density at radius 2 is 2.19 bits per heavy atom. The Labute approximate surface area is 123 Å². The predicted octanol–water partition coefficient (Wildman–Crippen LogP) is 2.24. The van der Waals surface area contributed by atoms with Crippen LogP contribution in [0.2, 0.25) is 0 Å². The van der Waals surface area contributed by atoms with Crippen LogP contribution >= 0.6 is 0 Å². The van der Waals surface area contributed by atoms with Crippen molar-refractivity contribution in [3.05, 3.63) is 29.7 Å². The van der Waals surface area contributed by atoms with Crippen molar-refractivity contribution in [2.75, 3.05) is 25.5 Å². The Hall–Kier alpha value is -2.21. The second kappa shape index (κ2) is 6.05. The molecule has 2 heterocycles. The number of aromatic nitrogens is 2. The van der Waals surface area contributed by atoms with E-state index >= 15 is 0 Å². The standard InChI is InChI=1S/C15H19N5O/c1-17-13-8-11(2-3-12(13)9-16)14-19-15(21-20-14)10-4-6-18-7-5-10/h2-3,8-10,16-18H,4-7H2,1H3. The Morgan fingerprint density at radius 1 is 1.38 bits per heavy atom. The molecule has 1 fully saturated rings. The molecule has 0 atom stereocenters. The number of piperidine rings is 1. The monoisotopic (exact) mass is 285 g/mol. The van der Waals surface area contributed by atoms with Crippen molar-refractivity contribution < 1.29 is 4.52 Å². The van der Waals surface area contributed by atoms with Crippen LogP contribution in [0.5, 0.6) is 0 Å². The molecular formula is C15H19N5O. The molecule has 2 aromatic rings. The highest BCUT2D eigenvalue weighted by Gasteiger charge is 2.21. The fourth-order valence-corrected chi connectivity index (χ4v) is 2.62. The minimum atomic E-state index is 0.358. The van der Waals surface area contributed by atoms with Gasteiger partial charge < -0.3 is 20.6 Å². The predicted molar refractivity (Wildman–Crippen MR) is 82.0 cm³/mol. The molecule has 0 aliphatic carbocycles. The number of anilines is 1.